The maximum atomic E-state index is 13.7. The molecule has 1 aromatic heterocycles. The van der Waals surface area contributed by atoms with Crippen LogP contribution < -0.4 is 10.6 Å². The van der Waals surface area contributed by atoms with E-state index in [1.165, 1.54) is 14.2 Å². The van der Waals surface area contributed by atoms with E-state index in [1.54, 1.807) is 0 Å². The number of carbonyl (C=O) groups is 4. The zero-order valence-electron chi connectivity index (χ0n) is 35.8. The van der Waals surface area contributed by atoms with Crippen LogP contribution in [-0.4, -0.2) is 94.9 Å². The first-order chi connectivity index (χ1) is 28.7. The van der Waals surface area contributed by atoms with Crippen molar-refractivity contribution in [3.8, 4) is 22.4 Å². The third-order valence-electron chi connectivity index (χ3n) is 12.2. The number of nitrogens with zero attached hydrogens (tertiary/aromatic N) is 4. The van der Waals surface area contributed by atoms with E-state index in [4.69, 9.17) is 19.5 Å². The molecule has 316 valence electrons. The number of allylic oxidation sites excluding steroid dienone is 1. The molecule has 0 spiro atoms. The summed E-state index contributed by atoms with van der Waals surface area (Å²) >= 11 is 0. The molecule has 0 bridgehead atoms. The minimum Gasteiger partial charge on any atom is -0.453 e. The summed E-state index contributed by atoms with van der Waals surface area (Å²) < 4.78 is 9.59. The van der Waals surface area contributed by atoms with Crippen LogP contribution in [0.5, 0.6) is 0 Å². The van der Waals surface area contributed by atoms with Gasteiger partial charge in [0.05, 0.1) is 38.2 Å². The Labute approximate surface area is 352 Å². The van der Waals surface area contributed by atoms with Crippen LogP contribution in [-0.2, 0) is 19.1 Å². The number of fused-ring (bicyclic) bond motifs is 1. The minimum atomic E-state index is -0.698. The monoisotopic (exact) mass is 815 g/mol. The number of hydrogen-bond donors (Lipinski definition) is 3. The predicted molar refractivity (Wildman–Crippen MR) is 233 cm³/mol. The van der Waals surface area contributed by atoms with Crippen molar-refractivity contribution in [1.82, 2.24) is 30.4 Å². The Morgan fingerprint density at radius 2 is 1.20 bits per heavy atom. The molecule has 0 aliphatic carbocycles. The van der Waals surface area contributed by atoms with Gasteiger partial charge in [-0.25, -0.2) is 14.6 Å². The number of nitrogens with one attached hydrogen (secondary N) is 3. The third-order valence-corrected chi connectivity index (χ3v) is 12.2. The number of aromatic nitrogens is 2. The molecule has 60 heavy (non-hydrogen) atoms. The van der Waals surface area contributed by atoms with E-state index in [0.717, 1.165) is 68.7 Å². The highest BCUT2D eigenvalue weighted by Crippen LogP contribution is 2.37. The molecule has 7 rings (SSSR count). The number of alkyl carbamates (subject to hydrolysis) is 2. The maximum Gasteiger partial charge on any atom is 0.407 e. The second-order valence-corrected chi connectivity index (χ2v) is 17.4. The second-order valence-electron chi connectivity index (χ2n) is 17.4. The van der Waals surface area contributed by atoms with E-state index in [1.807, 2.05) is 49.9 Å². The number of amides is 4. The standard InChI is InChI=1S/C47H57N7O6/c1-26(2)41(51-46(57)59-7)44(55)53-24-28(5)17-39(53)37-21-36(22-48-37)31-11-9-30(10-12-31)32-13-14-34-20-35(16-15-33(34)19-32)38-23-49-43(50-38)40-18-29(6)25-54(40)45(56)42(27(3)4)52-47(58)60-8/h9-16,19-20,22-23,26-29,39-42H,17-18,21,24-25H2,1-8H3,(H,49,50)(H,51,57)(H,52,58)/t28-,29-,39?,40-,41-,42-/m0/s1. The van der Waals surface area contributed by atoms with Crippen LogP contribution in [0, 0.1) is 23.7 Å². The van der Waals surface area contributed by atoms with Gasteiger partial charge in [-0.3, -0.25) is 14.6 Å². The van der Waals surface area contributed by atoms with Gasteiger partial charge in [0.25, 0.3) is 0 Å². The molecule has 0 radical (unpaired) electrons. The van der Waals surface area contributed by atoms with E-state index in [9.17, 15) is 19.2 Å². The largest absolute Gasteiger partial charge is 0.453 e. The number of methoxy groups -OCH3 is 2. The molecule has 13 nitrogen and oxygen atoms in total. The Balaban J connectivity index is 1.01. The fourth-order valence-electron chi connectivity index (χ4n) is 8.86. The average molecular weight is 816 g/mol. The van der Waals surface area contributed by atoms with Gasteiger partial charge in [0.1, 0.15) is 17.9 Å². The fraction of sp³-hybridized carbons (Fsp3) is 0.447. The number of likely N-dealkylation sites (tertiary alicyclic amines) is 2. The molecule has 3 N–H and O–H groups in total. The normalized spacial score (nSPS) is 21.2. The van der Waals surface area contributed by atoms with Crippen molar-refractivity contribution < 1.29 is 28.7 Å². The Morgan fingerprint density at radius 1 is 0.700 bits per heavy atom. The maximum absolute atomic E-state index is 13.7. The van der Waals surface area contributed by atoms with Crippen molar-refractivity contribution in [3.63, 3.8) is 0 Å². The molecule has 4 aromatic rings. The summed E-state index contributed by atoms with van der Waals surface area (Å²) in [6, 6.07) is 19.7. The number of hydrogen-bond acceptors (Lipinski definition) is 8. The number of aliphatic imine (C=N–C) groups is 1. The highest BCUT2D eigenvalue weighted by molar-refractivity contribution is 6.04. The van der Waals surface area contributed by atoms with Crippen molar-refractivity contribution >= 4 is 46.1 Å². The van der Waals surface area contributed by atoms with Crippen molar-refractivity contribution in [1.29, 1.82) is 0 Å². The molecule has 0 saturated carbocycles. The molecule has 2 saturated heterocycles. The van der Waals surface area contributed by atoms with E-state index in [0.29, 0.717) is 25.4 Å². The molecular weight excluding hydrogens is 759 g/mol. The smallest absolute Gasteiger partial charge is 0.407 e. The molecule has 6 atom stereocenters. The van der Waals surface area contributed by atoms with Gasteiger partial charge in [0, 0.05) is 37.0 Å². The zero-order valence-corrected chi connectivity index (χ0v) is 35.8. The van der Waals surface area contributed by atoms with Crippen molar-refractivity contribution in [2.75, 3.05) is 27.3 Å². The highest BCUT2D eigenvalue weighted by atomic mass is 16.5. The molecule has 3 aromatic carbocycles. The first-order valence-electron chi connectivity index (χ1n) is 21.0. The lowest BCUT2D eigenvalue weighted by Gasteiger charge is -2.31. The molecular formula is C47H57N7O6. The van der Waals surface area contributed by atoms with Gasteiger partial charge in [-0.15, -0.1) is 0 Å². The lowest BCUT2D eigenvalue weighted by molar-refractivity contribution is -0.136. The molecule has 4 heterocycles. The van der Waals surface area contributed by atoms with Crippen LogP contribution in [0.1, 0.15) is 78.2 Å². The van der Waals surface area contributed by atoms with Crippen LogP contribution in [0.2, 0.25) is 0 Å². The predicted octanol–water partition coefficient (Wildman–Crippen LogP) is 7.99. The van der Waals surface area contributed by atoms with Crippen molar-refractivity contribution in [2.24, 2.45) is 28.7 Å². The summed E-state index contributed by atoms with van der Waals surface area (Å²) in [4.78, 5) is 68.4. The van der Waals surface area contributed by atoms with Gasteiger partial charge in [-0.05, 0) is 81.7 Å². The highest BCUT2D eigenvalue weighted by Gasteiger charge is 2.42. The number of rotatable bonds is 11. The Morgan fingerprint density at radius 3 is 1.77 bits per heavy atom. The van der Waals surface area contributed by atoms with Gasteiger partial charge in [-0.1, -0.05) is 90.1 Å². The van der Waals surface area contributed by atoms with E-state index in [-0.39, 0.29) is 41.7 Å². The van der Waals surface area contributed by atoms with E-state index >= 15 is 0 Å². The molecule has 2 fully saturated rings. The van der Waals surface area contributed by atoms with E-state index in [2.05, 4.69) is 90.1 Å². The summed E-state index contributed by atoms with van der Waals surface area (Å²) in [5.74, 6) is 0.888. The van der Waals surface area contributed by atoms with Crippen molar-refractivity contribution in [3.05, 3.63) is 84.4 Å². The van der Waals surface area contributed by atoms with Crippen LogP contribution in [0.3, 0.4) is 0 Å². The van der Waals surface area contributed by atoms with Crippen LogP contribution in [0.4, 0.5) is 9.59 Å². The van der Waals surface area contributed by atoms with Crippen LogP contribution in [0.15, 0.2) is 78.1 Å². The lowest BCUT2D eigenvalue weighted by atomic mass is 9.94. The van der Waals surface area contributed by atoms with Gasteiger partial charge < -0.3 is 34.9 Å². The first-order valence-corrected chi connectivity index (χ1v) is 21.0. The number of H-pyrrole nitrogens is 1. The number of imidazole rings is 1. The number of benzene rings is 3. The van der Waals surface area contributed by atoms with Crippen molar-refractivity contribution in [2.45, 2.75) is 85.0 Å². The SMILES string of the molecule is COC(=O)N[C@H](C(=O)N1C[C@@H](C)CC1C1=NC=C(c2ccc(-c3ccc4cc(-c5cnc([C@@H]6C[C@H](C)CN6C(=O)[C@@H](NC(=O)OC)C(C)C)[nH]5)ccc4c3)cc2)C1)C(C)C. The fourth-order valence-corrected chi connectivity index (χ4v) is 8.86. The summed E-state index contributed by atoms with van der Waals surface area (Å²) in [6.45, 7) is 13.1. The van der Waals surface area contributed by atoms with E-state index < -0.39 is 24.3 Å². The Hall–Kier alpha value is -5.98. The molecule has 3 aliphatic heterocycles. The van der Waals surface area contributed by atoms with Gasteiger partial charge in [0.15, 0.2) is 0 Å². The summed E-state index contributed by atoms with van der Waals surface area (Å²) in [6.07, 6.45) is 4.79. The molecule has 4 amide bonds. The second kappa shape index (κ2) is 17.7. The minimum absolute atomic E-state index is 0.0934. The summed E-state index contributed by atoms with van der Waals surface area (Å²) in [7, 11) is 2.60. The number of carbonyl (C=O) groups excluding carboxylic acids is 4. The number of ether oxygens (including phenoxy) is 2. The topological polar surface area (TPSA) is 158 Å². The zero-order chi connectivity index (χ0) is 42.8. The van der Waals surface area contributed by atoms with Gasteiger partial charge >= 0.3 is 12.2 Å². The number of aromatic amines is 1. The summed E-state index contributed by atoms with van der Waals surface area (Å²) in [5.41, 5.74) is 7.27. The van der Waals surface area contributed by atoms with Gasteiger partial charge in [-0.2, -0.15) is 0 Å². The van der Waals surface area contributed by atoms with Gasteiger partial charge in [0.2, 0.25) is 11.8 Å². The average Bonchev–Trinajstić information content (AvgIpc) is 4.07. The molecule has 13 heteroatoms. The Bertz CT molecular complexity index is 2310. The lowest BCUT2D eigenvalue weighted by Crippen LogP contribution is -2.53. The van der Waals surface area contributed by atoms with Crippen LogP contribution in [0.25, 0.3) is 38.7 Å². The van der Waals surface area contributed by atoms with Crippen LogP contribution >= 0.6 is 0 Å². The summed E-state index contributed by atoms with van der Waals surface area (Å²) in [5, 5.41) is 7.67. The molecule has 3 aliphatic rings. The Kier molecular flexibility index (Phi) is 12.4. The first kappa shape index (κ1) is 42.2. The quantitative estimate of drug-likeness (QED) is 0.139. The third kappa shape index (κ3) is 8.80. The molecule has 1 unspecified atom stereocenters.